The van der Waals surface area contributed by atoms with Crippen LogP contribution in [0.2, 0.25) is 0 Å². The summed E-state index contributed by atoms with van der Waals surface area (Å²) in [6.07, 6.45) is 5.22. The van der Waals surface area contributed by atoms with E-state index in [4.69, 9.17) is 0 Å². The van der Waals surface area contributed by atoms with E-state index in [1.165, 1.54) is 0 Å². The van der Waals surface area contributed by atoms with Gasteiger partial charge in [0.15, 0.2) is 5.78 Å². The summed E-state index contributed by atoms with van der Waals surface area (Å²) in [4.78, 5) is 11.9. The van der Waals surface area contributed by atoms with Gasteiger partial charge in [-0.25, -0.2) is 0 Å². The number of hydrogen-bond donors (Lipinski definition) is 0. The lowest BCUT2D eigenvalue weighted by molar-refractivity contribution is 0.103. The monoisotopic (exact) mass is 186 g/mol. The minimum absolute atomic E-state index is 0.214. The number of hydrogen-bond acceptors (Lipinski definition) is 1. The van der Waals surface area contributed by atoms with Crippen molar-refractivity contribution in [2.75, 3.05) is 0 Å². The number of ketones is 1. The Morgan fingerprint density at radius 2 is 2.21 bits per heavy atom. The van der Waals surface area contributed by atoms with Crippen molar-refractivity contribution in [1.82, 2.24) is 0 Å². The Morgan fingerprint density at radius 1 is 1.36 bits per heavy atom. The molecule has 1 aromatic rings. The fourth-order valence-electron chi connectivity index (χ4n) is 1.85. The maximum atomic E-state index is 11.9. The average Bonchev–Trinajstić information content (AvgIpc) is 2.69. The van der Waals surface area contributed by atoms with Crippen LogP contribution in [0.3, 0.4) is 0 Å². The van der Waals surface area contributed by atoms with Gasteiger partial charge in [-0.3, -0.25) is 4.79 Å². The fraction of sp³-hybridized carbons (Fsp3) is 0.308. The van der Waals surface area contributed by atoms with Crippen LogP contribution in [0.4, 0.5) is 0 Å². The highest BCUT2D eigenvalue weighted by Gasteiger charge is 2.14. The molecule has 0 unspecified atom stereocenters. The quantitative estimate of drug-likeness (QED) is 0.648. The first kappa shape index (κ1) is 9.20. The summed E-state index contributed by atoms with van der Waals surface area (Å²) in [6, 6.07) is 7.81. The van der Waals surface area contributed by atoms with Crippen LogP contribution in [0.1, 0.15) is 35.2 Å². The summed E-state index contributed by atoms with van der Waals surface area (Å²) in [5.74, 6) is 0.214. The third kappa shape index (κ3) is 1.77. The standard InChI is InChI=1S/C13H14O/c1-10-5-4-8-12(9-10)13(14)11-6-2-3-7-11/h4-6,8-9H,2-3,7H2,1H3. The van der Waals surface area contributed by atoms with E-state index < -0.39 is 0 Å². The molecule has 1 aromatic carbocycles. The van der Waals surface area contributed by atoms with Crippen LogP contribution in [0.15, 0.2) is 35.9 Å². The SMILES string of the molecule is Cc1cccc(C(=O)C2=CCCC2)c1. The highest BCUT2D eigenvalue weighted by molar-refractivity contribution is 6.08. The largest absolute Gasteiger partial charge is 0.289 e. The molecule has 1 aliphatic rings. The summed E-state index contributed by atoms with van der Waals surface area (Å²) < 4.78 is 0. The molecule has 14 heavy (non-hydrogen) atoms. The zero-order valence-electron chi connectivity index (χ0n) is 8.42. The Balaban J connectivity index is 2.27. The first-order valence-electron chi connectivity index (χ1n) is 5.08. The predicted molar refractivity (Wildman–Crippen MR) is 57.4 cm³/mol. The summed E-state index contributed by atoms with van der Waals surface area (Å²) in [5.41, 5.74) is 2.98. The number of benzene rings is 1. The summed E-state index contributed by atoms with van der Waals surface area (Å²) in [6.45, 7) is 2.01. The van der Waals surface area contributed by atoms with E-state index in [0.29, 0.717) is 0 Å². The molecule has 0 bridgehead atoms. The third-order valence-electron chi connectivity index (χ3n) is 2.61. The van der Waals surface area contributed by atoms with E-state index in [2.05, 4.69) is 6.08 Å². The molecule has 0 spiro atoms. The average molecular weight is 186 g/mol. The molecule has 0 N–H and O–H groups in total. The molecular formula is C13H14O. The molecule has 0 saturated carbocycles. The molecule has 2 rings (SSSR count). The van der Waals surface area contributed by atoms with Gasteiger partial charge >= 0.3 is 0 Å². The molecule has 0 amide bonds. The van der Waals surface area contributed by atoms with Crippen molar-refractivity contribution >= 4 is 5.78 Å². The van der Waals surface area contributed by atoms with E-state index in [1.807, 2.05) is 31.2 Å². The Labute approximate surface area is 84.5 Å². The number of carbonyl (C=O) groups is 1. The van der Waals surface area contributed by atoms with Crippen LogP contribution in [-0.2, 0) is 0 Å². The van der Waals surface area contributed by atoms with Crippen LogP contribution >= 0.6 is 0 Å². The second-order valence-corrected chi connectivity index (χ2v) is 3.82. The lowest BCUT2D eigenvalue weighted by Crippen LogP contribution is -2.01. The molecule has 1 heteroatoms. The second-order valence-electron chi connectivity index (χ2n) is 3.82. The molecule has 0 heterocycles. The number of rotatable bonds is 2. The minimum Gasteiger partial charge on any atom is -0.289 e. The van der Waals surface area contributed by atoms with Crippen LogP contribution in [0.25, 0.3) is 0 Å². The van der Waals surface area contributed by atoms with Gasteiger partial charge in [-0.1, -0.05) is 29.8 Å². The molecule has 0 fully saturated rings. The molecule has 0 radical (unpaired) electrons. The van der Waals surface area contributed by atoms with E-state index >= 15 is 0 Å². The Morgan fingerprint density at radius 3 is 2.86 bits per heavy atom. The van der Waals surface area contributed by atoms with Crippen molar-refractivity contribution in [3.05, 3.63) is 47.0 Å². The second kappa shape index (κ2) is 3.79. The van der Waals surface area contributed by atoms with Gasteiger partial charge in [0.05, 0.1) is 0 Å². The van der Waals surface area contributed by atoms with Gasteiger partial charge < -0.3 is 0 Å². The van der Waals surface area contributed by atoms with Gasteiger partial charge in [-0.15, -0.1) is 0 Å². The number of aryl methyl sites for hydroxylation is 1. The van der Waals surface area contributed by atoms with Gasteiger partial charge in [0.2, 0.25) is 0 Å². The molecule has 0 aromatic heterocycles. The van der Waals surface area contributed by atoms with Gasteiger partial charge in [0.1, 0.15) is 0 Å². The highest BCUT2D eigenvalue weighted by Crippen LogP contribution is 2.21. The maximum Gasteiger partial charge on any atom is 0.188 e. The van der Waals surface area contributed by atoms with Crippen LogP contribution < -0.4 is 0 Å². The molecular weight excluding hydrogens is 172 g/mol. The lowest BCUT2D eigenvalue weighted by Gasteiger charge is -2.02. The molecule has 0 aliphatic heterocycles. The van der Waals surface area contributed by atoms with Gasteiger partial charge in [0.25, 0.3) is 0 Å². The predicted octanol–water partition coefficient (Wildman–Crippen LogP) is 3.29. The fourth-order valence-corrected chi connectivity index (χ4v) is 1.85. The van der Waals surface area contributed by atoms with Gasteiger partial charge in [-0.2, -0.15) is 0 Å². The molecule has 1 aliphatic carbocycles. The topological polar surface area (TPSA) is 17.1 Å². The van der Waals surface area contributed by atoms with Crippen molar-refractivity contribution in [2.24, 2.45) is 0 Å². The smallest absolute Gasteiger partial charge is 0.188 e. The lowest BCUT2D eigenvalue weighted by atomic mass is 10.0. The minimum atomic E-state index is 0.214. The zero-order chi connectivity index (χ0) is 9.97. The Bertz CT molecular complexity index is 388. The van der Waals surface area contributed by atoms with Crippen molar-refractivity contribution < 1.29 is 4.79 Å². The highest BCUT2D eigenvalue weighted by atomic mass is 16.1. The number of allylic oxidation sites excluding steroid dienone is 2. The van der Waals surface area contributed by atoms with E-state index in [0.717, 1.165) is 36.0 Å². The van der Waals surface area contributed by atoms with Crippen LogP contribution in [-0.4, -0.2) is 5.78 Å². The zero-order valence-corrected chi connectivity index (χ0v) is 8.42. The van der Waals surface area contributed by atoms with Gasteiger partial charge in [0, 0.05) is 5.56 Å². The van der Waals surface area contributed by atoms with Crippen LogP contribution in [0.5, 0.6) is 0 Å². The summed E-state index contributed by atoms with van der Waals surface area (Å²) >= 11 is 0. The van der Waals surface area contributed by atoms with E-state index in [9.17, 15) is 4.79 Å². The molecule has 1 nitrogen and oxygen atoms in total. The van der Waals surface area contributed by atoms with Crippen molar-refractivity contribution in [2.45, 2.75) is 26.2 Å². The first-order valence-corrected chi connectivity index (χ1v) is 5.08. The normalized spacial score (nSPS) is 15.4. The number of Topliss-reactive ketones (excluding diaryl/α,β-unsaturated/α-hetero) is 1. The first-order chi connectivity index (χ1) is 6.77. The van der Waals surface area contributed by atoms with Crippen LogP contribution in [0, 0.1) is 6.92 Å². The molecule has 0 atom stereocenters. The van der Waals surface area contributed by atoms with E-state index in [-0.39, 0.29) is 5.78 Å². The van der Waals surface area contributed by atoms with Gasteiger partial charge in [-0.05, 0) is 37.8 Å². The molecule has 0 saturated heterocycles. The van der Waals surface area contributed by atoms with Crippen molar-refractivity contribution in [1.29, 1.82) is 0 Å². The van der Waals surface area contributed by atoms with E-state index in [1.54, 1.807) is 0 Å². The van der Waals surface area contributed by atoms with Crippen molar-refractivity contribution in [3.63, 3.8) is 0 Å². The maximum absolute atomic E-state index is 11.9. The summed E-state index contributed by atoms with van der Waals surface area (Å²) in [5, 5.41) is 0. The van der Waals surface area contributed by atoms with Crippen molar-refractivity contribution in [3.8, 4) is 0 Å². The third-order valence-corrected chi connectivity index (χ3v) is 2.61. The number of carbonyl (C=O) groups excluding carboxylic acids is 1. The Hall–Kier alpha value is -1.37. The molecule has 72 valence electrons. The summed E-state index contributed by atoms with van der Waals surface area (Å²) in [7, 11) is 0. The Kier molecular flexibility index (Phi) is 2.49.